The number of benzene rings is 1. The first-order valence-electron chi connectivity index (χ1n) is 5.41. The molecule has 0 radical (unpaired) electrons. The Morgan fingerprint density at radius 2 is 1.94 bits per heavy atom. The van der Waals surface area contributed by atoms with Crippen LogP contribution in [0.3, 0.4) is 0 Å². The summed E-state index contributed by atoms with van der Waals surface area (Å²) in [6.07, 6.45) is 0.522. The molecule has 0 bridgehead atoms. The number of aryl methyl sites for hydroxylation is 1. The van der Waals surface area contributed by atoms with E-state index >= 15 is 0 Å². The van der Waals surface area contributed by atoms with Gasteiger partial charge in [0.2, 0.25) is 0 Å². The van der Waals surface area contributed by atoms with Gasteiger partial charge in [0, 0.05) is 6.04 Å². The van der Waals surface area contributed by atoms with Crippen molar-refractivity contribution in [1.82, 2.24) is 0 Å². The second-order valence-electron chi connectivity index (χ2n) is 4.28. The van der Waals surface area contributed by atoms with E-state index in [0.29, 0.717) is 6.42 Å². The van der Waals surface area contributed by atoms with E-state index in [2.05, 4.69) is 0 Å². The van der Waals surface area contributed by atoms with Gasteiger partial charge in [0.15, 0.2) is 9.84 Å². The Labute approximate surface area is 97.6 Å². The summed E-state index contributed by atoms with van der Waals surface area (Å²) in [6.45, 7) is 3.75. The zero-order chi connectivity index (χ0) is 12.2. The minimum atomic E-state index is -3.03. The molecule has 1 unspecified atom stereocenters. The minimum Gasteiger partial charge on any atom is -0.328 e. The van der Waals surface area contributed by atoms with Crippen molar-refractivity contribution in [3.05, 3.63) is 35.4 Å². The van der Waals surface area contributed by atoms with E-state index in [9.17, 15) is 8.42 Å². The zero-order valence-electron chi connectivity index (χ0n) is 9.81. The average Bonchev–Trinajstić information content (AvgIpc) is 2.19. The molecule has 1 aromatic carbocycles. The van der Waals surface area contributed by atoms with Crippen LogP contribution in [-0.4, -0.2) is 20.2 Å². The lowest BCUT2D eigenvalue weighted by Crippen LogP contribution is -2.21. The van der Waals surface area contributed by atoms with Crippen molar-refractivity contribution in [2.45, 2.75) is 32.1 Å². The fraction of sp³-hybridized carbons (Fsp3) is 0.500. The van der Waals surface area contributed by atoms with Gasteiger partial charge in [-0.3, -0.25) is 0 Å². The quantitative estimate of drug-likeness (QED) is 0.852. The van der Waals surface area contributed by atoms with Crippen LogP contribution in [0.4, 0.5) is 0 Å². The van der Waals surface area contributed by atoms with Crippen molar-refractivity contribution < 1.29 is 8.42 Å². The van der Waals surface area contributed by atoms with Crippen LogP contribution in [0.5, 0.6) is 0 Å². The largest absolute Gasteiger partial charge is 0.328 e. The predicted molar refractivity (Wildman–Crippen MR) is 66.9 cm³/mol. The molecule has 1 atom stereocenters. The number of nitrogens with two attached hydrogens (primary N) is 1. The summed E-state index contributed by atoms with van der Waals surface area (Å²) in [5, 5.41) is 0. The van der Waals surface area contributed by atoms with E-state index in [1.165, 1.54) is 0 Å². The standard InChI is InChI=1S/C12H19NO2S/c1-10-5-3-4-6-12(10)9-16(14,15)8-7-11(2)13/h3-6,11H,7-9,13H2,1-2H3. The number of rotatable bonds is 5. The number of hydrogen-bond donors (Lipinski definition) is 1. The second kappa shape index (κ2) is 5.46. The molecular weight excluding hydrogens is 222 g/mol. The molecule has 0 aromatic heterocycles. The average molecular weight is 241 g/mol. The van der Waals surface area contributed by atoms with E-state index in [1.54, 1.807) is 0 Å². The molecule has 90 valence electrons. The molecule has 4 heteroatoms. The Kier molecular flexibility index (Phi) is 4.50. The summed E-state index contributed by atoms with van der Waals surface area (Å²) in [4.78, 5) is 0. The van der Waals surface area contributed by atoms with Gasteiger partial charge in [0.25, 0.3) is 0 Å². The lowest BCUT2D eigenvalue weighted by molar-refractivity contribution is 0.586. The van der Waals surface area contributed by atoms with Gasteiger partial charge in [-0.05, 0) is 31.4 Å². The Hall–Kier alpha value is -0.870. The number of sulfone groups is 1. The van der Waals surface area contributed by atoms with Gasteiger partial charge in [-0.1, -0.05) is 24.3 Å². The first kappa shape index (κ1) is 13.2. The van der Waals surface area contributed by atoms with Gasteiger partial charge >= 0.3 is 0 Å². The molecule has 0 spiro atoms. The van der Waals surface area contributed by atoms with Crippen LogP contribution in [0.15, 0.2) is 24.3 Å². The number of hydrogen-bond acceptors (Lipinski definition) is 3. The highest BCUT2D eigenvalue weighted by Crippen LogP contribution is 2.12. The third-order valence-electron chi connectivity index (χ3n) is 2.52. The molecule has 1 aromatic rings. The van der Waals surface area contributed by atoms with Gasteiger partial charge in [-0.15, -0.1) is 0 Å². The summed E-state index contributed by atoms with van der Waals surface area (Å²) >= 11 is 0. The van der Waals surface area contributed by atoms with Crippen molar-refractivity contribution >= 4 is 9.84 Å². The smallest absolute Gasteiger partial charge is 0.154 e. The van der Waals surface area contributed by atoms with Crippen LogP contribution >= 0.6 is 0 Å². The van der Waals surface area contributed by atoms with Crippen molar-refractivity contribution in [2.24, 2.45) is 5.73 Å². The lowest BCUT2D eigenvalue weighted by atomic mass is 10.1. The van der Waals surface area contributed by atoms with Crippen LogP contribution in [0.2, 0.25) is 0 Å². The zero-order valence-corrected chi connectivity index (χ0v) is 10.6. The highest BCUT2D eigenvalue weighted by atomic mass is 32.2. The molecule has 1 rings (SSSR count). The SMILES string of the molecule is Cc1ccccc1CS(=O)(=O)CCC(C)N. The molecule has 0 fully saturated rings. The molecular formula is C12H19NO2S. The third-order valence-corrected chi connectivity index (χ3v) is 4.13. The van der Waals surface area contributed by atoms with Crippen molar-refractivity contribution in [3.8, 4) is 0 Å². The lowest BCUT2D eigenvalue weighted by Gasteiger charge is -2.08. The molecule has 16 heavy (non-hydrogen) atoms. The normalized spacial score (nSPS) is 13.7. The predicted octanol–water partition coefficient (Wildman–Crippen LogP) is 1.65. The Morgan fingerprint density at radius 3 is 2.50 bits per heavy atom. The van der Waals surface area contributed by atoms with E-state index in [0.717, 1.165) is 11.1 Å². The summed E-state index contributed by atoms with van der Waals surface area (Å²) in [5.41, 5.74) is 7.46. The summed E-state index contributed by atoms with van der Waals surface area (Å²) < 4.78 is 23.6. The van der Waals surface area contributed by atoms with E-state index in [4.69, 9.17) is 5.73 Å². The van der Waals surface area contributed by atoms with Crippen LogP contribution in [0, 0.1) is 6.92 Å². The Morgan fingerprint density at radius 1 is 1.31 bits per heavy atom. The molecule has 0 saturated heterocycles. The minimum absolute atomic E-state index is 0.0633. The maximum Gasteiger partial charge on any atom is 0.154 e. The second-order valence-corrected chi connectivity index (χ2v) is 6.47. The fourth-order valence-corrected chi connectivity index (χ4v) is 3.12. The van der Waals surface area contributed by atoms with Crippen molar-refractivity contribution in [1.29, 1.82) is 0 Å². The molecule has 0 heterocycles. The van der Waals surface area contributed by atoms with Crippen LogP contribution in [0.25, 0.3) is 0 Å². The van der Waals surface area contributed by atoms with Crippen LogP contribution in [0.1, 0.15) is 24.5 Å². The molecule has 0 aliphatic rings. The fourth-order valence-electron chi connectivity index (χ4n) is 1.45. The molecule has 2 N–H and O–H groups in total. The Bertz CT molecular complexity index is 438. The maximum atomic E-state index is 11.8. The summed E-state index contributed by atoms with van der Waals surface area (Å²) in [6, 6.07) is 7.50. The summed E-state index contributed by atoms with van der Waals surface area (Å²) in [7, 11) is -3.03. The molecule has 0 aliphatic heterocycles. The van der Waals surface area contributed by atoms with E-state index < -0.39 is 9.84 Å². The van der Waals surface area contributed by atoms with Gasteiger partial charge in [0.1, 0.15) is 0 Å². The monoisotopic (exact) mass is 241 g/mol. The van der Waals surface area contributed by atoms with E-state index in [1.807, 2.05) is 38.1 Å². The van der Waals surface area contributed by atoms with Gasteiger partial charge in [-0.2, -0.15) is 0 Å². The first-order chi connectivity index (χ1) is 7.41. The summed E-state index contributed by atoms with van der Waals surface area (Å²) in [5.74, 6) is 0.283. The highest BCUT2D eigenvalue weighted by Gasteiger charge is 2.13. The first-order valence-corrected chi connectivity index (χ1v) is 7.23. The van der Waals surface area contributed by atoms with Crippen LogP contribution < -0.4 is 5.73 Å². The van der Waals surface area contributed by atoms with Crippen molar-refractivity contribution in [3.63, 3.8) is 0 Å². The molecule has 0 saturated carbocycles. The van der Waals surface area contributed by atoms with Crippen molar-refractivity contribution in [2.75, 3.05) is 5.75 Å². The Balaban J connectivity index is 2.70. The van der Waals surface area contributed by atoms with E-state index in [-0.39, 0.29) is 17.5 Å². The third kappa shape index (κ3) is 4.33. The van der Waals surface area contributed by atoms with Crippen LogP contribution in [-0.2, 0) is 15.6 Å². The van der Waals surface area contributed by atoms with Gasteiger partial charge in [0.05, 0.1) is 11.5 Å². The van der Waals surface area contributed by atoms with Gasteiger partial charge in [-0.25, -0.2) is 8.42 Å². The molecule has 3 nitrogen and oxygen atoms in total. The van der Waals surface area contributed by atoms with Gasteiger partial charge < -0.3 is 5.73 Å². The molecule has 0 amide bonds. The molecule has 0 aliphatic carbocycles. The maximum absolute atomic E-state index is 11.8. The topological polar surface area (TPSA) is 60.2 Å². The highest BCUT2D eigenvalue weighted by molar-refractivity contribution is 7.90.